The van der Waals surface area contributed by atoms with Crippen LogP contribution in [0, 0.1) is 11.3 Å². The summed E-state index contributed by atoms with van der Waals surface area (Å²) in [6, 6.07) is 10.5. The molecule has 0 aliphatic rings. The van der Waals surface area contributed by atoms with Crippen molar-refractivity contribution in [1.29, 1.82) is 5.26 Å². The van der Waals surface area contributed by atoms with Crippen molar-refractivity contribution < 1.29 is 4.74 Å². The summed E-state index contributed by atoms with van der Waals surface area (Å²) in [5.41, 5.74) is 2.02. The van der Waals surface area contributed by atoms with E-state index in [1.807, 2.05) is 6.92 Å². The maximum absolute atomic E-state index is 12.3. The third kappa shape index (κ3) is 3.42. The Balaban J connectivity index is 1.94. The van der Waals surface area contributed by atoms with Crippen molar-refractivity contribution in [2.45, 2.75) is 13.0 Å². The van der Waals surface area contributed by atoms with Crippen molar-refractivity contribution in [3.63, 3.8) is 0 Å². The number of rotatable bonds is 4. The lowest BCUT2D eigenvalue weighted by Crippen LogP contribution is -2.19. The fraction of sp³-hybridized carbons (Fsp3) is 0.167. The minimum absolute atomic E-state index is 0.220. The lowest BCUT2D eigenvalue weighted by Gasteiger charge is -2.16. The van der Waals surface area contributed by atoms with Gasteiger partial charge in [0, 0.05) is 28.9 Å². The first-order chi connectivity index (χ1) is 12.0. The third-order valence-electron chi connectivity index (χ3n) is 3.86. The second kappa shape index (κ2) is 6.83. The van der Waals surface area contributed by atoms with E-state index < -0.39 is 0 Å². The molecule has 0 fully saturated rings. The Kier molecular flexibility index (Phi) is 4.59. The van der Waals surface area contributed by atoms with E-state index in [9.17, 15) is 4.79 Å². The summed E-state index contributed by atoms with van der Waals surface area (Å²) in [5, 5.41) is 13.5. The highest BCUT2D eigenvalue weighted by molar-refractivity contribution is 6.31. The van der Waals surface area contributed by atoms with Crippen molar-refractivity contribution in [2.75, 3.05) is 12.4 Å². The molecule has 2 aromatic heterocycles. The molecule has 1 atom stereocenters. The summed E-state index contributed by atoms with van der Waals surface area (Å²) in [4.78, 5) is 19.2. The van der Waals surface area contributed by atoms with Crippen LogP contribution in [0.4, 0.5) is 5.69 Å². The van der Waals surface area contributed by atoms with Gasteiger partial charge in [-0.15, -0.1) is 0 Å². The van der Waals surface area contributed by atoms with Crippen molar-refractivity contribution in [3.8, 4) is 11.8 Å². The molecule has 0 aliphatic heterocycles. The Morgan fingerprint density at radius 2 is 2.16 bits per heavy atom. The second-order valence-electron chi connectivity index (χ2n) is 5.54. The number of H-pyrrole nitrogens is 1. The van der Waals surface area contributed by atoms with Crippen molar-refractivity contribution >= 4 is 28.3 Å². The molecule has 0 saturated carbocycles. The number of aromatic nitrogens is 2. The topological polar surface area (TPSA) is 90.8 Å². The van der Waals surface area contributed by atoms with Crippen molar-refractivity contribution in [1.82, 2.24) is 9.97 Å². The molecule has 126 valence electrons. The number of nitrogens with zero attached hydrogens (tertiary/aromatic N) is 2. The highest BCUT2D eigenvalue weighted by Crippen LogP contribution is 2.26. The Morgan fingerprint density at radius 1 is 1.36 bits per heavy atom. The standard InChI is InChI=1S/C18H15ClN4O2/c1-10(22-14-4-3-11(8-20)16(7-14)25-2)15-6-12-5-13(19)9-21-17(12)23-18(15)24/h3-7,9-10,22H,1-2H3,(H,21,23,24). The van der Waals surface area contributed by atoms with Gasteiger partial charge in [0.25, 0.3) is 5.56 Å². The average Bonchev–Trinajstić information content (AvgIpc) is 2.61. The molecule has 0 radical (unpaired) electrons. The van der Waals surface area contributed by atoms with Gasteiger partial charge >= 0.3 is 0 Å². The molecule has 0 aliphatic carbocycles. The third-order valence-corrected chi connectivity index (χ3v) is 4.07. The molecule has 0 bridgehead atoms. The summed E-state index contributed by atoms with van der Waals surface area (Å²) in [6.45, 7) is 1.87. The SMILES string of the molecule is COc1cc(NC(C)c2cc3cc(Cl)cnc3[nH]c2=O)ccc1C#N. The summed E-state index contributed by atoms with van der Waals surface area (Å²) in [5.74, 6) is 0.475. The fourth-order valence-electron chi connectivity index (χ4n) is 2.60. The molecular formula is C18H15ClN4O2. The molecular weight excluding hydrogens is 340 g/mol. The number of methoxy groups -OCH3 is 1. The predicted octanol–water partition coefficient (Wildman–Crippen LogP) is 3.63. The quantitative estimate of drug-likeness (QED) is 0.746. The zero-order valence-electron chi connectivity index (χ0n) is 13.6. The van der Waals surface area contributed by atoms with Crippen LogP contribution >= 0.6 is 11.6 Å². The van der Waals surface area contributed by atoms with Crippen molar-refractivity contribution in [3.05, 3.63) is 63.0 Å². The maximum Gasteiger partial charge on any atom is 0.254 e. The van der Waals surface area contributed by atoms with Gasteiger partial charge in [-0.05, 0) is 31.2 Å². The molecule has 2 heterocycles. The molecule has 2 N–H and O–H groups in total. The zero-order chi connectivity index (χ0) is 18.0. The van der Waals surface area contributed by atoms with E-state index in [1.165, 1.54) is 13.3 Å². The zero-order valence-corrected chi connectivity index (χ0v) is 14.4. The number of nitriles is 1. The molecule has 25 heavy (non-hydrogen) atoms. The molecule has 1 unspecified atom stereocenters. The van der Waals surface area contributed by atoms with Gasteiger partial charge in [-0.2, -0.15) is 5.26 Å². The molecule has 0 spiro atoms. The van der Waals surface area contributed by atoms with Crippen LogP contribution in [0.15, 0.2) is 41.3 Å². The number of anilines is 1. The molecule has 6 nitrogen and oxygen atoms in total. The highest BCUT2D eigenvalue weighted by atomic mass is 35.5. The van der Waals surface area contributed by atoms with Crippen LogP contribution in [0.5, 0.6) is 5.75 Å². The van der Waals surface area contributed by atoms with Gasteiger partial charge in [0.05, 0.1) is 23.7 Å². The summed E-state index contributed by atoms with van der Waals surface area (Å²) >= 11 is 5.97. The number of hydrogen-bond acceptors (Lipinski definition) is 5. The molecule has 1 aromatic carbocycles. The Hall–Kier alpha value is -3.04. The van der Waals surface area contributed by atoms with Crippen LogP contribution in [0.25, 0.3) is 11.0 Å². The number of nitrogens with one attached hydrogen (secondary N) is 2. The van der Waals surface area contributed by atoms with E-state index in [-0.39, 0.29) is 11.6 Å². The molecule has 7 heteroatoms. The Labute approximate surface area is 149 Å². The van der Waals surface area contributed by atoms with Gasteiger partial charge in [0.15, 0.2) is 0 Å². The van der Waals surface area contributed by atoms with Crippen molar-refractivity contribution in [2.24, 2.45) is 0 Å². The number of halogens is 1. The first-order valence-electron chi connectivity index (χ1n) is 7.55. The lowest BCUT2D eigenvalue weighted by molar-refractivity contribution is 0.413. The van der Waals surface area contributed by atoms with E-state index in [2.05, 4.69) is 21.4 Å². The summed E-state index contributed by atoms with van der Waals surface area (Å²) in [7, 11) is 1.51. The number of pyridine rings is 2. The molecule has 0 amide bonds. The number of aromatic amines is 1. The van der Waals surface area contributed by atoms with E-state index in [0.29, 0.717) is 27.5 Å². The van der Waals surface area contributed by atoms with Gasteiger partial charge in [-0.3, -0.25) is 4.79 Å². The minimum Gasteiger partial charge on any atom is -0.495 e. The van der Waals surface area contributed by atoms with E-state index in [4.69, 9.17) is 21.6 Å². The summed E-state index contributed by atoms with van der Waals surface area (Å²) in [6.07, 6.45) is 1.49. The fourth-order valence-corrected chi connectivity index (χ4v) is 2.77. The van der Waals surface area contributed by atoms with E-state index in [1.54, 1.807) is 30.3 Å². The maximum atomic E-state index is 12.3. The Bertz CT molecular complexity index is 1040. The molecule has 3 rings (SSSR count). The smallest absolute Gasteiger partial charge is 0.254 e. The van der Waals surface area contributed by atoms with E-state index in [0.717, 1.165) is 11.1 Å². The van der Waals surface area contributed by atoms with Crippen LogP contribution < -0.4 is 15.6 Å². The first-order valence-corrected chi connectivity index (χ1v) is 7.92. The lowest BCUT2D eigenvalue weighted by atomic mass is 10.1. The number of ether oxygens (including phenoxy) is 1. The first kappa shape index (κ1) is 16.8. The van der Waals surface area contributed by atoms with Gasteiger partial charge in [-0.25, -0.2) is 4.98 Å². The van der Waals surface area contributed by atoms with Gasteiger partial charge in [-0.1, -0.05) is 11.6 Å². The number of benzene rings is 1. The van der Waals surface area contributed by atoms with Crippen LogP contribution in [0.1, 0.15) is 24.1 Å². The number of fused-ring (bicyclic) bond motifs is 1. The number of hydrogen-bond donors (Lipinski definition) is 2. The minimum atomic E-state index is -0.273. The average molecular weight is 355 g/mol. The van der Waals surface area contributed by atoms with Crippen LogP contribution in [0.3, 0.4) is 0 Å². The van der Waals surface area contributed by atoms with E-state index >= 15 is 0 Å². The van der Waals surface area contributed by atoms with Gasteiger partial charge in [0.2, 0.25) is 0 Å². The molecule has 0 saturated heterocycles. The van der Waals surface area contributed by atoms with Gasteiger partial charge in [0.1, 0.15) is 17.5 Å². The van der Waals surface area contributed by atoms with Crippen LogP contribution in [-0.2, 0) is 0 Å². The highest BCUT2D eigenvalue weighted by Gasteiger charge is 2.13. The summed E-state index contributed by atoms with van der Waals surface area (Å²) < 4.78 is 5.21. The second-order valence-corrected chi connectivity index (χ2v) is 5.97. The van der Waals surface area contributed by atoms with Gasteiger partial charge < -0.3 is 15.0 Å². The van der Waals surface area contributed by atoms with Crippen LogP contribution in [-0.4, -0.2) is 17.1 Å². The largest absolute Gasteiger partial charge is 0.495 e. The predicted molar refractivity (Wildman–Crippen MR) is 97.1 cm³/mol. The Morgan fingerprint density at radius 3 is 2.88 bits per heavy atom. The normalized spacial score (nSPS) is 11.8. The monoisotopic (exact) mass is 354 g/mol. The molecule has 3 aromatic rings. The van der Waals surface area contributed by atoms with Crippen LogP contribution in [0.2, 0.25) is 5.02 Å².